The first-order valence-electron chi connectivity index (χ1n) is 6.29. The summed E-state index contributed by atoms with van der Waals surface area (Å²) >= 11 is 0. The molecule has 0 amide bonds. The summed E-state index contributed by atoms with van der Waals surface area (Å²) in [6.45, 7) is 4.92. The molecule has 0 radical (unpaired) electrons. The first kappa shape index (κ1) is 13.2. The van der Waals surface area contributed by atoms with Gasteiger partial charge in [-0.1, -0.05) is 19.3 Å². The van der Waals surface area contributed by atoms with Crippen LogP contribution in [0.1, 0.15) is 58.8 Å². The zero-order valence-electron chi connectivity index (χ0n) is 10.5. The van der Waals surface area contributed by atoms with Crippen molar-refractivity contribution in [1.82, 2.24) is 0 Å². The van der Waals surface area contributed by atoms with E-state index >= 15 is 0 Å². The number of carbonyl (C=O) groups excluding carboxylic acids is 1. The Balaban J connectivity index is 1.98. The minimum absolute atomic E-state index is 0.0146. The van der Waals surface area contributed by atoms with Gasteiger partial charge in [-0.05, 0) is 26.7 Å². The lowest BCUT2D eigenvalue weighted by Crippen LogP contribution is -2.17. The molecular weight excluding hydrogens is 202 g/mol. The average Bonchev–Trinajstić information content (AvgIpc) is 2.57. The highest BCUT2D eigenvalue weighted by Gasteiger charge is 2.25. The van der Waals surface area contributed by atoms with E-state index < -0.39 is 0 Å². The van der Waals surface area contributed by atoms with Crippen molar-refractivity contribution in [2.45, 2.75) is 64.3 Å². The largest absolute Gasteiger partial charge is 0.478 e. The van der Waals surface area contributed by atoms with Crippen LogP contribution in [0.3, 0.4) is 0 Å². The molecule has 0 saturated carbocycles. The number of hydrogen-bond acceptors (Lipinski definition) is 3. The smallest absolute Gasteiger partial charge is 0.183 e. The van der Waals surface area contributed by atoms with E-state index in [1.807, 2.05) is 0 Å². The highest BCUT2D eigenvalue weighted by molar-refractivity contribution is 5.78. The molecule has 0 aromatic rings. The fraction of sp³-hybridized carbons (Fsp3) is 0.846. The molecule has 16 heavy (non-hydrogen) atoms. The van der Waals surface area contributed by atoms with Crippen LogP contribution in [0.2, 0.25) is 0 Å². The monoisotopic (exact) mass is 225 g/mol. The third kappa shape index (κ3) is 5.29. The molecule has 3 heteroatoms. The molecular formula is C13H23NO2. The molecule has 0 spiro atoms. The normalized spacial score (nSPS) is 18.0. The highest BCUT2D eigenvalue weighted by atomic mass is 16.5. The van der Waals surface area contributed by atoms with Crippen LogP contribution in [0, 0.1) is 0 Å². The van der Waals surface area contributed by atoms with Gasteiger partial charge in [-0.15, -0.1) is 0 Å². The van der Waals surface area contributed by atoms with E-state index in [0.717, 1.165) is 44.5 Å². The number of unbranched alkanes of at least 4 members (excludes halogenated alkanes) is 5. The Hall–Kier alpha value is -0.860. The van der Waals surface area contributed by atoms with E-state index in [0.29, 0.717) is 6.42 Å². The Morgan fingerprint density at radius 2 is 1.94 bits per heavy atom. The number of aldehydes is 1. The molecule has 3 nitrogen and oxygen atoms in total. The second-order valence-electron chi connectivity index (χ2n) is 5.08. The summed E-state index contributed by atoms with van der Waals surface area (Å²) in [5.74, 6) is 0.929. The van der Waals surface area contributed by atoms with Gasteiger partial charge in [-0.3, -0.25) is 0 Å². The molecule has 1 heterocycles. The van der Waals surface area contributed by atoms with E-state index in [9.17, 15) is 4.79 Å². The maximum atomic E-state index is 10.1. The minimum atomic E-state index is -0.0146. The summed E-state index contributed by atoms with van der Waals surface area (Å²) in [5.41, 5.74) is -0.0146. The topological polar surface area (TPSA) is 38.7 Å². The van der Waals surface area contributed by atoms with E-state index in [-0.39, 0.29) is 5.54 Å². The average molecular weight is 225 g/mol. The zero-order valence-corrected chi connectivity index (χ0v) is 10.5. The van der Waals surface area contributed by atoms with Crippen molar-refractivity contribution in [1.29, 1.82) is 0 Å². The molecule has 1 rings (SSSR count). The zero-order chi connectivity index (χ0) is 11.9. The van der Waals surface area contributed by atoms with Gasteiger partial charge in [-0.25, -0.2) is 4.99 Å². The van der Waals surface area contributed by atoms with E-state index in [2.05, 4.69) is 18.8 Å². The van der Waals surface area contributed by atoms with E-state index in [4.69, 9.17) is 4.74 Å². The molecule has 0 aliphatic carbocycles. The molecule has 0 aromatic carbocycles. The van der Waals surface area contributed by atoms with Crippen LogP contribution in [-0.2, 0) is 9.53 Å². The molecule has 0 fully saturated rings. The SMILES string of the molecule is CC1(C)COC(CCCCCCCC=O)=N1. The van der Waals surface area contributed by atoms with Crippen LogP contribution in [0.5, 0.6) is 0 Å². The van der Waals surface area contributed by atoms with Crippen LogP contribution < -0.4 is 0 Å². The van der Waals surface area contributed by atoms with Gasteiger partial charge in [0, 0.05) is 12.8 Å². The molecule has 0 saturated heterocycles. The summed E-state index contributed by atoms with van der Waals surface area (Å²) in [7, 11) is 0. The van der Waals surface area contributed by atoms with Crippen LogP contribution in [0.15, 0.2) is 4.99 Å². The lowest BCUT2D eigenvalue weighted by Gasteiger charge is -2.07. The number of carbonyl (C=O) groups is 1. The van der Waals surface area contributed by atoms with Crippen LogP contribution >= 0.6 is 0 Å². The molecule has 0 bridgehead atoms. The summed E-state index contributed by atoms with van der Waals surface area (Å²) in [5, 5.41) is 0. The minimum Gasteiger partial charge on any atom is -0.478 e. The van der Waals surface area contributed by atoms with Gasteiger partial charge in [0.1, 0.15) is 12.9 Å². The maximum Gasteiger partial charge on any atom is 0.183 e. The molecule has 1 aliphatic heterocycles. The molecule has 0 aromatic heterocycles. The molecule has 0 unspecified atom stereocenters. The molecule has 1 aliphatic rings. The van der Waals surface area contributed by atoms with Crippen molar-refractivity contribution >= 4 is 12.2 Å². The third-order valence-corrected chi connectivity index (χ3v) is 2.73. The Kier molecular flexibility index (Phi) is 5.50. The highest BCUT2D eigenvalue weighted by Crippen LogP contribution is 2.19. The van der Waals surface area contributed by atoms with Crippen LogP contribution in [0.4, 0.5) is 0 Å². The van der Waals surface area contributed by atoms with Gasteiger partial charge < -0.3 is 9.53 Å². The fourth-order valence-corrected chi connectivity index (χ4v) is 1.82. The molecule has 0 atom stereocenters. The first-order chi connectivity index (χ1) is 7.64. The fourth-order valence-electron chi connectivity index (χ4n) is 1.82. The van der Waals surface area contributed by atoms with Gasteiger partial charge in [0.2, 0.25) is 0 Å². The van der Waals surface area contributed by atoms with Crippen molar-refractivity contribution in [3.05, 3.63) is 0 Å². The van der Waals surface area contributed by atoms with Crippen molar-refractivity contribution in [3.8, 4) is 0 Å². The second-order valence-corrected chi connectivity index (χ2v) is 5.08. The van der Waals surface area contributed by atoms with Crippen LogP contribution in [0.25, 0.3) is 0 Å². The van der Waals surface area contributed by atoms with Crippen molar-refractivity contribution in [3.63, 3.8) is 0 Å². The lowest BCUT2D eigenvalue weighted by molar-refractivity contribution is -0.107. The quantitative estimate of drug-likeness (QED) is 0.470. The molecule has 92 valence electrons. The standard InChI is InChI=1S/C13H23NO2/c1-13(2)11-16-12(14-13)9-7-5-3-4-6-8-10-15/h10H,3-9,11H2,1-2H3. The van der Waals surface area contributed by atoms with Crippen molar-refractivity contribution in [2.24, 2.45) is 4.99 Å². The summed E-state index contributed by atoms with van der Waals surface area (Å²) < 4.78 is 5.52. The number of aliphatic imine (C=N–C) groups is 1. The number of ether oxygens (including phenoxy) is 1. The predicted octanol–water partition coefficient (Wildman–Crippen LogP) is 3.12. The Labute approximate surface area is 98.3 Å². The summed E-state index contributed by atoms with van der Waals surface area (Å²) in [4.78, 5) is 14.6. The maximum absolute atomic E-state index is 10.1. The van der Waals surface area contributed by atoms with Gasteiger partial charge in [-0.2, -0.15) is 0 Å². The van der Waals surface area contributed by atoms with Gasteiger partial charge in [0.05, 0.1) is 5.54 Å². The van der Waals surface area contributed by atoms with Crippen molar-refractivity contribution < 1.29 is 9.53 Å². The Bertz CT molecular complexity index is 246. The van der Waals surface area contributed by atoms with Gasteiger partial charge in [0.15, 0.2) is 5.90 Å². The van der Waals surface area contributed by atoms with Crippen LogP contribution in [-0.4, -0.2) is 24.3 Å². The van der Waals surface area contributed by atoms with E-state index in [1.54, 1.807) is 0 Å². The third-order valence-electron chi connectivity index (χ3n) is 2.73. The summed E-state index contributed by atoms with van der Waals surface area (Å²) in [6.07, 6.45) is 8.46. The molecule has 0 N–H and O–H groups in total. The van der Waals surface area contributed by atoms with Gasteiger partial charge in [0.25, 0.3) is 0 Å². The summed E-state index contributed by atoms with van der Waals surface area (Å²) in [6, 6.07) is 0. The van der Waals surface area contributed by atoms with Gasteiger partial charge >= 0.3 is 0 Å². The number of nitrogens with zero attached hydrogens (tertiary/aromatic N) is 1. The number of rotatable bonds is 8. The second kappa shape index (κ2) is 6.66. The van der Waals surface area contributed by atoms with E-state index in [1.165, 1.54) is 12.8 Å². The Morgan fingerprint density at radius 3 is 2.56 bits per heavy atom. The van der Waals surface area contributed by atoms with Crippen molar-refractivity contribution in [2.75, 3.05) is 6.61 Å². The first-order valence-corrected chi connectivity index (χ1v) is 6.29. The Morgan fingerprint density at radius 1 is 1.25 bits per heavy atom. The predicted molar refractivity (Wildman–Crippen MR) is 65.8 cm³/mol. The lowest BCUT2D eigenvalue weighted by atomic mass is 10.1. The number of hydrogen-bond donors (Lipinski definition) is 0.